The van der Waals surface area contributed by atoms with E-state index < -0.39 is 24.1 Å². The van der Waals surface area contributed by atoms with Gasteiger partial charge in [0.1, 0.15) is 0 Å². The number of urea groups is 1. The molecule has 0 heterocycles. The third-order valence-corrected chi connectivity index (χ3v) is 4.64. The summed E-state index contributed by atoms with van der Waals surface area (Å²) < 4.78 is 51.2. The molecule has 0 saturated carbocycles. The summed E-state index contributed by atoms with van der Waals surface area (Å²) in [6.07, 6.45) is -4.84. The normalized spacial score (nSPS) is 11.6. The number of nitrogens with one attached hydrogen (secondary N) is 1. The van der Waals surface area contributed by atoms with E-state index >= 15 is 0 Å². The molecule has 0 saturated heterocycles. The molecule has 0 aromatic heterocycles. The quantitative estimate of drug-likeness (QED) is 0.455. The summed E-state index contributed by atoms with van der Waals surface area (Å²) in [5.41, 5.74) is -0.384. The fraction of sp³-hybridized carbons (Fsp3) is 0.409. The molecule has 0 atom stereocenters. The van der Waals surface area contributed by atoms with Crippen LogP contribution in [-0.4, -0.2) is 43.5 Å². The van der Waals surface area contributed by atoms with E-state index in [0.29, 0.717) is 19.6 Å². The monoisotopic (exact) mass is 458 g/mol. The Balaban J connectivity index is 2.22. The largest absolute Gasteiger partial charge is 0.418 e. The van der Waals surface area contributed by atoms with Gasteiger partial charge in [-0.1, -0.05) is 41.9 Å². The number of alkyl halides is 3. The maximum atomic E-state index is 13.4. The Labute approximate surface area is 185 Å². The molecule has 0 unspecified atom stereocenters. The van der Waals surface area contributed by atoms with Crippen molar-refractivity contribution in [2.24, 2.45) is 0 Å². The summed E-state index contributed by atoms with van der Waals surface area (Å²) in [7, 11) is 0. The first-order chi connectivity index (χ1) is 14.7. The van der Waals surface area contributed by atoms with Crippen molar-refractivity contribution < 1.29 is 27.4 Å². The molecule has 2 aromatic rings. The molecule has 1 N–H and O–H groups in total. The Morgan fingerprint density at radius 2 is 1.74 bits per heavy atom. The van der Waals surface area contributed by atoms with Gasteiger partial charge in [-0.05, 0) is 44.0 Å². The Bertz CT molecular complexity index is 828. The van der Waals surface area contributed by atoms with Crippen molar-refractivity contribution in [2.75, 3.05) is 31.6 Å². The van der Waals surface area contributed by atoms with Gasteiger partial charge in [-0.3, -0.25) is 0 Å². The van der Waals surface area contributed by atoms with Crippen molar-refractivity contribution in [2.45, 2.75) is 32.7 Å². The molecule has 0 spiro atoms. The number of amides is 2. The molecule has 0 aliphatic heterocycles. The van der Waals surface area contributed by atoms with Gasteiger partial charge in [-0.2, -0.15) is 13.2 Å². The summed E-state index contributed by atoms with van der Waals surface area (Å²) >= 11 is 5.72. The van der Waals surface area contributed by atoms with Gasteiger partial charge in [0.05, 0.1) is 17.8 Å². The molecular weight excluding hydrogens is 433 g/mol. The lowest BCUT2D eigenvalue weighted by Crippen LogP contribution is -2.43. The predicted octanol–water partition coefficient (Wildman–Crippen LogP) is 5.83. The first-order valence-corrected chi connectivity index (χ1v) is 10.3. The molecule has 5 nitrogen and oxygen atoms in total. The van der Waals surface area contributed by atoms with Gasteiger partial charge in [-0.25, -0.2) is 4.79 Å². The molecule has 0 radical (unpaired) electrons. The van der Waals surface area contributed by atoms with Gasteiger partial charge < -0.3 is 19.7 Å². The van der Waals surface area contributed by atoms with Crippen LogP contribution in [-0.2, 0) is 22.1 Å². The number of benzene rings is 2. The highest BCUT2D eigenvalue weighted by Crippen LogP contribution is 2.36. The lowest BCUT2D eigenvalue weighted by atomic mass is 10.1. The van der Waals surface area contributed by atoms with Crippen molar-refractivity contribution in [3.63, 3.8) is 0 Å². The molecule has 0 aliphatic carbocycles. The molecule has 31 heavy (non-hydrogen) atoms. The highest BCUT2D eigenvalue weighted by atomic mass is 35.5. The van der Waals surface area contributed by atoms with Crippen molar-refractivity contribution in [3.8, 4) is 0 Å². The molecule has 2 aromatic carbocycles. The second kappa shape index (κ2) is 11.9. The van der Waals surface area contributed by atoms with E-state index in [0.717, 1.165) is 17.7 Å². The zero-order valence-corrected chi connectivity index (χ0v) is 18.2. The number of carbonyl (C=O) groups is 1. The standard InChI is InChI=1S/C22H26ClF3N2O3/c1-3-30-20(31-4-2)15-28(13-12-16-8-6-5-7-9-16)21(29)27-19-11-10-17(23)14-18(19)22(24,25)26/h5-11,14,20H,3-4,12-13,15H2,1-2H3,(H,27,29). The Morgan fingerprint density at radius 3 is 2.32 bits per heavy atom. The fourth-order valence-corrected chi connectivity index (χ4v) is 3.12. The van der Waals surface area contributed by atoms with Crippen LogP contribution in [0.2, 0.25) is 5.02 Å². The number of hydrogen-bond donors (Lipinski definition) is 1. The predicted molar refractivity (Wildman–Crippen MR) is 114 cm³/mol. The molecule has 0 aliphatic rings. The van der Waals surface area contributed by atoms with Crippen molar-refractivity contribution in [1.29, 1.82) is 0 Å². The van der Waals surface area contributed by atoms with Crippen LogP contribution in [0.15, 0.2) is 48.5 Å². The van der Waals surface area contributed by atoms with Crippen LogP contribution in [0.25, 0.3) is 0 Å². The third-order valence-electron chi connectivity index (χ3n) is 4.40. The zero-order valence-electron chi connectivity index (χ0n) is 17.4. The second-order valence-corrected chi connectivity index (χ2v) is 7.08. The zero-order chi connectivity index (χ0) is 22.9. The van der Waals surface area contributed by atoms with E-state index in [1.807, 2.05) is 30.3 Å². The molecule has 2 amide bonds. The summed E-state index contributed by atoms with van der Waals surface area (Å²) in [5, 5.41) is 2.30. The summed E-state index contributed by atoms with van der Waals surface area (Å²) in [6.45, 7) is 4.66. The van der Waals surface area contributed by atoms with Gasteiger partial charge in [0.2, 0.25) is 0 Å². The van der Waals surface area contributed by atoms with E-state index in [-0.39, 0.29) is 23.8 Å². The minimum atomic E-state index is -4.67. The number of ether oxygens (including phenoxy) is 2. The molecule has 2 rings (SSSR count). The number of carbonyl (C=O) groups excluding carboxylic acids is 1. The van der Waals surface area contributed by atoms with E-state index in [2.05, 4.69) is 5.32 Å². The summed E-state index contributed by atoms with van der Waals surface area (Å²) in [5.74, 6) is 0. The number of rotatable bonds is 10. The first kappa shape index (κ1) is 25.0. The van der Waals surface area contributed by atoms with Crippen molar-refractivity contribution in [1.82, 2.24) is 4.90 Å². The highest BCUT2D eigenvalue weighted by Gasteiger charge is 2.34. The van der Waals surface area contributed by atoms with Crippen LogP contribution in [0.3, 0.4) is 0 Å². The topological polar surface area (TPSA) is 50.8 Å². The maximum absolute atomic E-state index is 13.4. The smallest absolute Gasteiger partial charge is 0.351 e. The van der Waals surface area contributed by atoms with Crippen LogP contribution >= 0.6 is 11.6 Å². The second-order valence-electron chi connectivity index (χ2n) is 6.64. The van der Waals surface area contributed by atoms with Gasteiger partial charge in [0.25, 0.3) is 0 Å². The molecule has 0 fully saturated rings. The van der Waals surface area contributed by atoms with Crippen LogP contribution in [0.1, 0.15) is 25.0 Å². The third kappa shape index (κ3) is 8.05. The number of halogens is 4. The molecule has 9 heteroatoms. The number of anilines is 1. The number of hydrogen-bond acceptors (Lipinski definition) is 3. The van der Waals surface area contributed by atoms with Crippen LogP contribution < -0.4 is 5.32 Å². The Hall–Kier alpha value is -2.29. The molecular formula is C22H26ClF3N2O3. The van der Waals surface area contributed by atoms with Crippen molar-refractivity contribution >= 4 is 23.3 Å². The minimum Gasteiger partial charge on any atom is -0.351 e. The highest BCUT2D eigenvalue weighted by molar-refractivity contribution is 6.30. The summed E-state index contributed by atoms with van der Waals surface area (Å²) in [4.78, 5) is 14.3. The van der Waals surface area contributed by atoms with E-state index in [9.17, 15) is 18.0 Å². The lowest BCUT2D eigenvalue weighted by molar-refractivity contribution is -0.142. The van der Waals surface area contributed by atoms with Gasteiger partial charge in [0.15, 0.2) is 6.29 Å². The lowest BCUT2D eigenvalue weighted by Gasteiger charge is -2.28. The first-order valence-electron chi connectivity index (χ1n) is 9.94. The van der Waals surface area contributed by atoms with Gasteiger partial charge in [-0.15, -0.1) is 0 Å². The van der Waals surface area contributed by atoms with Crippen LogP contribution in [0, 0.1) is 0 Å². The van der Waals surface area contributed by atoms with Crippen LogP contribution in [0.5, 0.6) is 0 Å². The Morgan fingerprint density at radius 1 is 1.10 bits per heavy atom. The van der Waals surface area contributed by atoms with E-state index in [1.54, 1.807) is 13.8 Å². The van der Waals surface area contributed by atoms with Gasteiger partial charge >= 0.3 is 12.2 Å². The summed E-state index contributed by atoms with van der Waals surface area (Å²) in [6, 6.07) is 12.0. The Kier molecular flexibility index (Phi) is 9.61. The average Bonchev–Trinajstić information content (AvgIpc) is 2.72. The minimum absolute atomic E-state index is 0.0648. The molecule has 0 bridgehead atoms. The average molecular weight is 459 g/mol. The van der Waals surface area contributed by atoms with Crippen LogP contribution in [0.4, 0.5) is 23.7 Å². The SMILES string of the molecule is CCOC(CN(CCc1ccccc1)C(=O)Nc1ccc(Cl)cc1C(F)(F)F)OCC. The van der Waals surface area contributed by atoms with Crippen molar-refractivity contribution in [3.05, 3.63) is 64.7 Å². The molecule has 170 valence electrons. The fourth-order valence-electron chi connectivity index (χ4n) is 2.94. The van der Waals surface area contributed by atoms with Gasteiger partial charge in [0, 0.05) is 24.8 Å². The maximum Gasteiger partial charge on any atom is 0.418 e. The van der Waals surface area contributed by atoms with E-state index in [1.165, 1.54) is 11.0 Å². The number of nitrogens with zero attached hydrogens (tertiary/aromatic N) is 1. The van der Waals surface area contributed by atoms with E-state index in [4.69, 9.17) is 21.1 Å².